The number of carbonyl (C=O) groups excluding carboxylic acids is 1. The Hall–Kier alpha value is -3.40. The minimum Gasteiger partial charge on any atom is -0.494 e. The van der Waals surface area contributed by atoms with E-state index in [1.54, 1.807) is 17.9 Å². The number of fused-ring (bicyclic) bond motifs is 1. The highest BCUT2D eigenvalue weighted by Crippen LogP contribution is 2.40. The van der Waals surface area contributed by atoms with Crippen molar-refractivity contribution in [1.29, 1.82) is 0 Å². The minimum atomic E-state index is -0.220. The van der Waals surface area contributed by atoms with E-state index in [9.17, 15) is 4.79 Å². The van der Waals surface area contributed by atoms with Crippen molar-refractivity contribution in [1.82, 2.24) is 14.7 Å². The molecule has 5 rings (SSSR count). The molecule has 1 aliphatic heterocycles. The van der Waals surface area contributed by atoms with E-state index in [0.717, 1.165) is 30.1 Å². The molecular weight excluding hydrogens is 460 g/mol. The average Bonchev–Trinajstić information content (AvgIpc) is 3.65. The Balaban J connectivity index is 1.46. The van der Waals surface area contributed by atoms with E-state index >= 15 is 0 Å². The molecule has 2 N–H and O–H groups in total. The van der Waals surface area contributed by atoms with Crippen LogP contribution in [0.1, 0.15) is 49.5 Å². The molecule has 192 valence electrons. The summed E-state index contributed by atoms with van der Waals surface area (Å²) in [6.07, 6.45) is 2.40. The van der Waals surface area contributed by atoms with Crippen LogP contribution in [-0.4, -0.2) is 60.5 Å². The molecule has 0 radical (unpaired) electrons. The maximum Gasteiger partial charge on any atom is 0.355 e. The number of Topliss-reactive ketones (excluding diaryl/α,β-unsaturated/α-hetero) is 1. The second-order valence-electron chi connectivity index (χ2n) is 10.6. The molecule has 3 heterocycles. The number of ketones is 1. The summed E-state index contributed by atoms with van der Waals surface area (Å²) < 4.78 is 20.3. The normalized spacial score (nSPS) is 16.4. The highest BCUT2D eigenvalue weighted by Gasteiger charge is 2.29. The van der Waals surface area contributed by atoms with Gasteiger partial charge in [-0.15, -0.1) is 4.68 Å². The highest BCUT2D eigenvalue weighted by molar-refractivity contribution is 5.97. The van der Waals surface area contributed by atoms with Gasteiger partial charge in [0.15, 0.2) is 6.54 Å². The van der Waals surface area contributed by atoms with Crippen LogP contribution >= 0.6 is 0 Å². The number of carbonyl (C=O) groups is 1. The van der Waals surface area contributed by atoms with E-state index in [0.29, 0.717) is 42.8 Å². The number of nitrogens with two attached hydrogens (primary N) is 1. The summed E-state index contributed by atoms with van der Waals surface area (Å²) >= 11 is 0. The van der Waals surface area contributed by atoms with Gasteiger partial charge in [-0.05, 0) is 46.5 Å². The van der Waals surface area contributed by atoms with Crippen LogP contribution in [0.25, 0.3) is 5.65 Å². The molecule has 0 spiro atoms. The molecule has 1 aliphatic carbocycles. The lowest BCUT2D eigenvalue weighted by atomic mass is 9.84. The van der Waals surface area contributed by atoms with Crippen LogP contribution in [0.2, 0.25) is 0 Å². The number of nitrogens with zero attached hydrogens (tertiary/aromatic N) is 5. The summed E-state index contributed by atoms with van der Waals surface area (Å²) in [6, 6.07) is 7.49. The van der Waals surface area contributed by atoms with Gasteiger partial charge in [0.2, 0.25) is 5.78 Å². The molecule has 1 aromatic carbocycles. The van der Waals surface area contributed by atoms with Gasteiger partial charge in [-0.2, -0.15) is 0 Å². The third kappa shape index (κ3) is 4.95. The smallest absolute Gasteiger partial charge is 0.355 e. The fourth-order valence-electron chi connectivity index (χ4n) is 4.47. The highest BCUT2D eigenvalue weighted by atomic mass is 16.5. The first-order valence-corrected chi connectivity index (χ1v) is 12.5. The van der Waals surface area contributed by atoms with Crippen LogP contribution < -0.4 is 24.8 Å². The van der Waals surface area contributed by atoms with Gasteiger partial charge in [0.1, 0.15) is 5.75 Å². The van der Waals surface area contributed by atoms with E-state index < -0.39 is 0 Å². The molecular formula is C26H35N6O4+. The molecule has 1 saturated carbocycles. The fraction of sp³-hybridized carbons (Fsp3) is 0.538. The Kier molecular flexibility index (Phi) is 6.46. The number of nitrogen functional groups attached to an aromatic ring is 1. The number of methoxy groups -OCH3 is 1. The summed E-state index contributed by atoms with van der Waals surface area (Å²) in [5, 5.41) is 8.85. The molecule has 36 heavy (non-hydrogen) atoms. The summed E-state index contributed by atoms with van der Waals surface area (Å²) in [5.41, 5.74) is 9.04. The first-order valence-electron chi connectivity index (χ1n) is 12.5. The molecule has 0 unspecified atom stereocenters. The lowest BCUT2D eigenvalue weighted by Gasteiger charge is -2.33. The van der Waals surface area contributed by atoms with E-state index in [2.05, 4.69) is 35.9 Å². The first-order chi connectivity index (χ1) is 17.2. The van der Waals surface area contributed by atoms with Gasteiger partial charge >= 0.3 is 11.6 Å². The van der Waals surface area contributed by atoms with E-state index in [1.807, 2.05) is 18.2 Å². The third-order valence-corrected chi connectivity index (χ3v) is 6.71. The predicted octanol–water partition coefficient (Wildman–Crippen LogP) is 2.41. The number of benzene rings is 1. The first kappa shape index (κ1) is 24.3. The largest absolute Gasteiger partial charge is 0.494 e. The lowest BCUT2D eigenvalue weighted by molar-refractivity contribution is -0.714. The molecule has 2 aromatic heterocycles. The van der Waals surface area contributed by atoms with Crippen LogP contribution in [0.5, 0.6) is 11.6 Å². The Morgan fingerprint density at radius 3 is 2.64 bits per heavy atom. The third-order valence-electron chi connectivity index (χ3n) is 6.71. The monoisotopic (exact) mass is 495 g/mol. The quantitative estimate of drug-likeness (QED) is 0.375. The van der Waals surface area contributed by atoms with Gasteiger partial charge in [0.25, 0.3) is 5.88 Å². The molecule has 1 saturated heterocycles. The van der Waals surface area contributed by atoms with Crippen LogP contribution in [0.4, 0.5) is 11.6 Å². The SMILES string of the molecule is COc1c(N2CCOCC2)cc(C(=O)C[n+]2nc(N)n3nc(OCC4CC4)ccc32)cc1C(C)(C)C. The van der Waals surface area contributed by atoms with Gasteiger partial charge in [0, 0.05) is 36.3 Å². The van der Waals surface area contributed by atoms with Crippen molar-refractivity contribution in [3.05, 3.63) is 35.4 Å². The van der Waals surface area contributed by atoms with Crippen molar-refractivity contribution in [3.8, 4) is 11.6 Å². The average molecular weight is 496 g/mol. The van der Waals surface area contributed by atoms with Crippen molar-refractivity contribution >= 4 is 23.1 Å². The molecule has 0 atom stereocenters. The Morgan fingerprint density at radius 2 is 1.97 bits per heavy atom. The molecule has 10 heteroatoms. The van der Waals surface area contributed by atoms with Crippen LogP contribution in [0.3, 0.4) is 0 Å². The van der Waals surface area contributed by atoms with E-state index in [4.69, 9.17) is 19.9 Å². The standard InChI is InChI=1S/C26H35N6O4/c1-26(2,3)19-13-18(14-20(24(19)34-4)30-9-11-35-12-10-30)21(33)15-31-23-8-7-22(36-16-17-5-6-17)28-32(23)25(27)29-31/h7-8,13-14,17H,5-6,9-12,15-16H2,1-4H3,(H2,27,29)/q+1. The summed E-state index contributed by atoms with van der Waals surface area (Å²) in [5.74, 6) is 2.05. The van der Waals surface area contributed by atoms with Crippen LogP contribution in [-0.2, 0) is 16.7 Å². The van der Waals surface area contributed by atoms with Crippen molar-refractivity contribution in [2.45, 2.75) is 45.6 Å². The Labute approximate surface area is 210 Å². The number of rotatable bonds is 8. The second-order valence-corrected chi connectivity index (χ2v) is 10.6. The molecule has 0 bridgehead atoms. The van der Waals surface area contributed by atoms with Crippen molar-refractivity contribution in [2.75, 3.05) is 50.7 Å². The summed E-state index contributed by atoms with van der Waals surface area (Å²) in [7, 11) is 1.68. The minimum absolute atomic E-state index is 0.0309. The maximum atomic E-state index is 13.6. The van der Waals surface area contributed by atoms with Gasteiger partial charge < -0.3 is 24.8 Å². The molecule has 10 nitrogen and oxygen atoms in total. The Morgan fingerprint density at radius 1 is 1.22 bits per heavy atom. The van der Waals surface area contributed by atoms with Gasteiger partial charge in [-0.3, -0.25) is 4.79 Å². The van der Waals surface area contributed by atoms with Gasteiger partial charge in [0.05, 0.1) is 32.6 Å². The Bertz CT molecular complexity index is 1270. The lowest BCUT2D eigenvalue weighted by Crippen LogP contribution is -2.41. The van der Waals surface area contributed by atoms with Crippen molar-refractivity contribution < 1.29 is 23.7 Å². The zero-order valence-corrected chi connectivity index (χ0v) is 21.5. The molecule has 0 amide bonds. The molecule has 3 aromatic rings. The predicted molar refractivity (Wildman–Crippen MR) is 135 cm³/mol. The zero-order valence-electron chi connectivity index (χ0n) is 21.5. The fourth-order valence-corrected chi connectivity index (χ4v) is 4.47. The van der Waals surface area contributed by atoms with E-state index in [1.165, 1.54) is 17.4 Å². The number of hydrogen-bond acceptors (Lipinski definition) is 8. The number of ether oxygens (including phenoxy) is 3. The van der Waals surface area contributed by atoms with Crippen molar-refractivity contribution in [2.24, 2.45) is 5.92 Å². The number of aromatic nitrogens is 4. The maximum absolute atomic E-state index is 13.6. The summed E-state index contributed by atoms with van der Waals surface area (Å²) in [6.45, 7) is 9.81. The van der Waals surface area contributed by atoms with Crippen LogP contribution in [0, 0.1) is 5.92 Å². The zero-order chi connectivity index (χ0) is 25.4. The topological polar surface area (TPSA) is 108 Å². The van der Waals surface area contributed by atoms with Crippen LogP contribution in [0.15, 0.2) is 24.3 Å². The second kappa shape index (κ2) is 9.57. The summed E-state index contributed by atoms with van der Waals surface area (Å²) in [4.78, 5) is 15.8. The molecule has 2 fully saturated rings. The number of hydrogen-bond donors (Lipinski definition) is 1. The van der Waals surface area contributed by atoms with Crippen molar-refractivity contribution in [3.63, 3.8) is 0 Å². The molecule has 2 aliphatic rings. The number of anilines is 2. The number of morpholine rings is 1. The van der Waals surface area contributed by atoms with Gasteiger partial charge in [-0.1, -0.05) is 25.3 Å². The van der Waals surface area contributed by atoms with Gasteiger partial charge in [-0.25, -0.2) is 0 Å². The van der Waals surface area contributed by atoms with E-state index in [-0.39, 0.29) is 23.7 Å².